The first kappa shape index (κ1) is 34.3. The average molecular weight is 635 g/mol. The fourth-order valence-corrected chi connectivity index (χ4v) is 5.95. The fourth-order valence-electron chi connectivity index (χ4n) is 5.95. The van der Waals surface area contributed by atoms with Gasteiger partial charge in [-0.05, 0) is 88.1 Å². The van der Waals surface area contributed by atoms with E-state index in [-0.39, 0.29) is 36.4 Å². The molecule has 3 heterocycles. The summed E-state index contributed by atoms with van der Waals surface area (Å²) in [6, 6.07) is 6.67. The second kappa shape index (κ2) is 15.2. The normalized spacial score (nSPS) is 17.9. The quantitative estimate of drug-likeness (QED) is 0.388. The Morgan fingerprint density at radius 1 is 1.09 bits per heavy atom. The van der Waals surface area contributed by atoms with Crippen LogP contribution in [0.15, 0.2) is 36.7 Å². The van der Waals surface area contributed by atoms with Crippen molar-refractivity contribution in [2.75, 3.05) is 26.2 Å². The van der Waals surface area contributed by atoms with E-state index in [4.69, 9.17) is 4.74 Å². The molecule has 1 unspecified atom stereocenters. The van der Waals surface area contributed by atoms with Crippen LogP contribution in [0.25, 0.3) is 11.1 Å². The molecule has 46 heavy (non-hydrogen) atoms. The lowest BCUT2D eigenvalue weighted by molar-refractivity contribution is -0.138. The van der Waals surface area contributed by atoms with E-state index in [0.29, 0.717) is 67.9 Å². The lowest BCUT2D eigenvalue weighted by Gasteiger charge is -2.35. The summed E-state index contributed by atoms with van der Waals surface area (Å²) in [7, 11) is 0. The molecule has 3 amide bonds. The van der Waals surface area contributed by atoms with Gasteiger partial charge in [0, 0.05) is 50.6 Å². The van der Waals surface area contributed by atoms with Crippen LogP contribution in [0.1, 0.15) is 82.9 Å². The molecular formula is C34H42FN5O6. The minimum Gasteiger partial charge on any atom is -0.481 e. The van der Waals surface area contributed by atoms with Crippen LogP contribution in [-0.4, -0.2) is 75.5 Å². The highest BCUT2D eigenvalue weighted by molar-refractivity contribution is 5.82. The van der Waals surface area contributed by atoms with E-state index in [9.17, 15) is 33.9 Å². The van der Waals surface area contributed by atoms with Gasteiger partial charge in [-0.1, -0.05) is 6.07 Å². The number of hydrogen-bond donors (Lipinski definition) is 2. The van der Waals surface area contributed by atoms with E-state index in [0.717, 1.165) is 12.8 Å². The van der Waals surface area contributed by atoms with E-state index < -0.39 is 29.3 Å². The van der Waals surface area contributed by atoms with Crippen molar-refractivity contribution in [2.45, 2.75) is 77.4 Å². The highest BCUT2D eigenvalue weighted by atomic mass is 18.2. The number of pyridine rings is 1. The van der Waals surface area contributed by atoms with Crippen molar-refractivity contribution < 1.29 is 33.4 Å². The SMILES string of the molecule is CC(C)(C)OC(=O)N1CCC(CCC(=O)N2CCC[C@@H](C(=O)NC(CC(=O)O)c3cncc(-c4ccc([18F])c(C#N)c4)c3)C2)CC1. The number of amides is 3. The van der Waals surface area contributed by atoms with Crippen LogP contribution in [0.4, 0.5) is 9.18 Å². The van der Waals surface area contributed by atoms with Crippen molar-refractivity contribution in [3.8, 4) is 17.2 Å². The summed E-state index contributed by atoms with van der Waals surface area (Å²) in [5.74, 6) is -2.26. The number of carboxylic acid groups (broad SMARTS) is 1. The van der Waals surface area contributed by atoms with Crippen LogP contribution >= 0.6 is 0 Å². The number of aliphatic carboxylic acids is 1. The molecule has 0 spiro atoms. The maximum absolute atomic E-state index is 13.9. The number of benzene rings is 1. The third kappa shape index (κ3) is 9.49. The van der Waals surface area contributed by atoms with Gasteiger partial charge in [0.05, 0.1) is 23.9 Å². The van der Waals surface area contributed by atoms with Gasteiger partial charge >= 0.3 is 12.1 Å². The monoisotopic (exact) mass is 634 g/mol. The molecule has 2 aromatic rings. The number of rotatable bonds is 9. The Kier molecular flexibility index (Phi) is 11.3. The van der Waals surface area contributed by atoms with E-state index in [1.807, 2.05) is 20.8 Å². The molecule has 2 saturated heterocycles. The lowest BCUT2D eigenvalue weighted by Crippen LogP contribution is -2.46. The Bertz CT molecular complexity index is 1480. The van der Waals surface area contributed by atoms with Crippen molar-refractivity contribution in [2.24, 2.45) is 11.8 Å². The summed E-state index contributed by atoms with van der Waals surface area (Å²) < 4.78 is 19.3. The van der Waals surface area contributed by atoms with Gasteiger partial charge < -0.3 is 25.0 Å². The Hall–Kier alpha value is -4.53. The highest BCUT2D eigenvalue weighted by Crippen LogP contribution is 2.28. The summed E-state index contributed by atoms with van der Waals surface area (Å²) in [6.07, 6.45) is 6.22. The number of carbonyl (C=O) groups excluding carboxylic acids is 3. The third-order valence-electron chi connectivity index (χ3n) is 8.45. The fraction of sp³-hybridized carbons (Fsp3) is 0.529. The largest absolute Gasteiger partial charge is 0.481 e. The number of carboxylic acids is 1. The summed E-state index contributed by atoms with van der Waals surface area (Å²) in [6.45, 7) is 7.53. The molecule has 246 valence electrons. The van der Waals surface area contributed by atoms with Gasteiger partial charge in [-0.25, -0.2) is 9.18 Å². The van der Waals surface area contributed by atoms with Gasteiger partial charge in [0.15, 0.2) is 0 Å². The van der Waals surface area contributed by atoms with E-state index in [1.165, 1.54) is 30.6 Å². The van der Waals surface area contributed by atoms with Gasteiger partial charge in [0.25, 0.3) is 0 Å². The number of likely N-dealkylation sites (tertiary alicyclic amines) is 2. The lowest BCUT2D eigenvalue weighted by atomic mass is 9.91. The standard InChI is InChI=1S/C34H42FN5O6/c1-34(2,3)46-33(45)39-13-10-22(11-14-39)6-9-30(41)40-12-4-5-24(21-40)32(44)38-29(17-31(42)43)27-16-26(19-37-20-27)23-7-8-28(35)25(15-23)18-36/h7-8,15-16,19-20,22,24,29H,4-6,9-14,17,21H2,1-3H3,(H,38,44)(H,42,43)/t24-,29?/m1/s1/i35-1. The van der Waals surface area contributed by atoms with E-state index >= 15 is 0 Å². The molecule has 2 atom stereocenters. The maximum atomic E-state index is 13.9. The molecular weight excluding hydrogens is 592 g/mol. The Balaban J connectivity index is 1.32. The number of nitrogens with zero attached hydrogens (tertiary/aromatic N) is 4. The zero-order valence-electron chi connectivity index (χ0n) is 26.6. The summed E-state index contributed by atoms with van der Waals surface area (Å²) in [4.78, 5) is 58.3. The predicted octanol–water partition coefficient (Wildman–Crippen LogP) is 5.06. The number of halogens is 1. The first-order chi connectivity index (χ1) is 21.8. The summed E-state index contributed by atoms with van der Waals surface area (Å²) >= 11 is 0. The zero-order valence-corrected chi connectivity index (χ0v) is 26.6. The third-order valence-corrected chi connectivity index (χ3v) is 8.45. The molecule has 11 nitrogen and oxygen atoms in total. The Labute approximate surface area is 268 Å². The van der Waals surface area contributed by atoms with Crippen LogP contribution < -0.4 is 5.32 Å². The van der Waals surface area contributed by atoms with Crippen LogP contribution in [0.2, 0.25) is 0 Å². The molecule has 0 saturated carbocycles. The minimum absolute atomic E-state index is 0.0119. The number of hydrogen-bond acceptors (Lipinski definition) is 7. The van der Waals surface area contributed by atoms with Crippen LogP contribution in [0.5, 0.6) is 0 Å². The van der Waals surface area contributed by atoms with Crippen molar-refractivity contribution in [3.63, 3.8) is 0 Å². The molecule has 2 aliphatic rings. The van der Waals surface area contributed by atoms with Crippen molar-refractivity contribution in [3.05, 3.63) is 53.6 Å². The Morgan fingerprint density at radius 2 is 1.83 bits per heavy atom. The van der Waals surface area contributed by atoms with Gasteiger partial charge in [-0.2, -0.15) is 5.26 Å². The van der Waals surface area contributed by atoms with E-state index in [2.05, 4.69) is 10.3 Å². The molecule has 0 aliphatic carbocycles. The topological polar surface area (TPSA) is 153 Å². The number of piperidine rings is 2. The summed E-state index contributed by atoms with van der Waals surface area (Å²) in [5, 5.41) is 21.6. The number of nitriles is 1. The van der Waals surface area contributed by atoms with Crippen LogP contribution in [-0.2, 0) is 19.1 Å². The molecule has 1 aromatic carbocycles. The second-order valence-electron chi connectivity index (χ2n) is 13.1. The first-order valence-corrected chi connectivity index (χ1v) is 15.8. The second-order valence-corrected chi connectivity index (χ2v) is 13.1. The minimum atomic E-state index is -1.11. The number of aromatic nitrogens is 1. The van der Waals surface area contributed by atoms with Crippen molar-refractivity contribution >= 4 is 23.9 Å². The molecule has 0 radical (unpaired) electrons. The van der Waals surface area contributed by atoms with E-state index in [1.54, 1.807) is 21.9 Å². The molecule has 12 heteroatoms. The Morgan fingerprint density at radius 3 is 2.50 bits per heavy atom. The maximum Gasteiger partial charge on any atom is 0.410 e. The predicted molar refractivity (Wildman–Crippen MR) is 167 cm³/mol. The molecule has 2 N–H and O–H groups in total. The first-order valence-electron chi connectivity index (χ1n) is 15.8. The zero-order chi connectivity index (χ0) is 33.4. The summed E-state index contributed by atoms with van der Waals surface area (Å²) in [5.41, 5.74) is 0.861. The number of nitrogens with one attached hydrogen (secondary N) is 1. The van der Waals surface area contributed by atoms with Crippen molar-refractivity contribution in [1.82, 2.24) is 20.1 Å². The average Bonchev–Trinajstić information content (AvgIpc) is 3.03. The molecule has 0 bridgehead atoms. The molecule has 2 fully saturated rings. The van der Waals surface area contributed by atoms with Gasteiger partial charge in [-0.15, -0.1) is 0 Å². The van der Waals surface area contributed by atoms with Gasteiger partial charge in [-0.3, -0.25) is 19.4 Å². The molecule has 4 rings (SSSR count). The molecule has 2 aliphatic heterocycles. The van der Waals surface area contributed by atoms with Gasteiger partial charge in [0.1, 0.15) is 17.5 Å². The van der Waals surface area contributed by atoms with Crippen molar-refractivity contribution in [1.29, 1.82) is 5.26 Å². The molecule has 1 aromatic heterocycles. The number of ether oxygens (including phenoxy) is 1. The van der Waals surface area contributed by atoms with Crippen LogP contribution in [0.3, 0.4) is 0 Å². The smallest absolute Gasteiger partial charge is 0.410 e. The highest BCUT2D eigenvalue weighted by Gasteiger charge is 2.32. The van der Waals surface area contributed by atoms with Gasteiger partial charge in [0.2, 0.25) is 11.8 Å². The number of carbonyl (C=O) groups is 4. The van der Waals surface area contributed by atoms with Crippen LogP contribution in [0, 0.1) is 29.0 Å².